The molecule has 0 fully saturated rings. The van der Waals surface area contributed by atoms with E-state index in [4.69, 9.17) is 5.11 Å². The highest BCUT2D eigenvalue weighted by Gasteiger charge is 2.96. The molecular formula is C10H3F17O4S. The van der Waals surface area contributed by atoms with E-state index < -0.39 is 68.5 Å². The number of hydrogen-bond acceptors (Lipinski definition) is 3. The fraction of sp³-hybridized carbons (Fsp3) is 0.900. The number of alkyl halides is 17. The molecule has 0 aromatic rings. The second-order valence-corrected chi connectivity index (χ2v) is 7.64. The Labute approximate surface area is 162 Å². The fourth-order valence-corrected chi connectivity index (χ4v) is 2.62. The van der Waals surface area contributed by atoms with Crippen LogP contribution in [0.15, 0.2) is 0 Å². The van der Waals surface area contributed by atoms with Gasteiger partial charge in [-0.05, 0) is 0 Å². The van der Waals surface area contributed by atoms with Crippen LogP contribution in [0, 0.1) is 0 Å². The third kappa shape index (κ3) is 3.70. The van der Waals surface area contributed by atoms with Gasteiger partial charge in [-0.1, -0.05) is 0 Å². The van der Waals surface area contributed by atoms with Gasteiger partial charge in [-0.25, -0.2) is 8.42 Å². The van der Waals surface area contributed by atoms with E-state index in [2.05, 4.69) is 0 Å². The zero-order valence-corrected chi connectivity index (χ0v) is 14.5. The van der Waals surface area contributed by atoms with E-state index in [-0.39, 0.29) is 0 Å². The van der Waals surface area contributed by atoms with Crippen molar-refractivity contribution in [1.29, 1.82) is 0 Å². The Morgan fingerprint density at radius 3 is 1.03 bits per heavy atom. The Morgan fingerprint density at radius 1 is 0.531 bits per heavy atom. The summed E-state index contributed by atoms with van der Waals surface area (Å²) in [5, 5.41) is 0.152. The molecule has 32 heavy (non-hydrogen) atoms. The zero-order valence-electron chi connectivity index (χ0n) is 13.7. The van der Waals surface area contributed by atoms with Crippen LogP contribution in [0.4, 0.5) is 74.6 Å². The van der Waals surface area contributed by atoms with E-state index in [0.29, 0.717) is 0 Å². The third-order valence-electron chi connectivity index (χ3n) is 3.40. The monoisotopic (exact) mass is 542 g/mol. The first-order valence-electron chi connectivity index (χ1n) is 6.57. The molecule has 0 saturated heterocycles. The lowest BCUT2D eigenvalue weighted by atomic mass is 9.91. The van der Waals surface area contributed by atoms with Gasteiger partial charge in [0.05, 0.1) is 0 Å². The highest BCUT2D eigenvalue weighted by molar-refractivity contribution is 7.93. The second kappa shape index (κ2) is 7.37. The van der Waals surface area contributed by atoms with Gasteiger partial charge in [0.25, 0.3) is 0 Å². The smallest absolute Gasteiger partial charge is 0.460 e. The predicted octanol–water partition coefficient (Wildman–Crippen LogP) is 4.45. The van der Waals surface area contributed by atoms with Crippen molar-refractivity contribution in [2.45, 2.75) is 47.0 Å². The molecule has 0 aliphatic rings. The van der Waals surface area contributed by atoms with E-state index in [1.54, 1.807) is 0 Å². The van der Waals surface area contributed by atoms with Crippen molar-refractivity contribution < 1.29 is 93.0 Å². The molecule has 0 aliphatic heterocycles. The minimum Gasteiger partial charge on any atom is -0.480 e. The van der Waals surface area contributed by atoms with Crippen molar-refractivity contribution in [2.75, 3.05) is 5.75 Å². The van der Waals surface area contributed by atoms with Crippen molar-refractivity contribution in [3.63, 3.8) is 0 Å². The van der Waals surface area contributed by atoms with E-state index in [0.717, 1.165) is 0 Å². The minimum absolute atomic E-state index is 3.04. The highest BCUT2D eigenvalue weighted by atomic mass is 32.2. The van der Waals surface area contributed by atoms with Crippen LogP contribution in [0.5, 0.6) is 0 Å². The summed E-state index contributed by atoms with van der Waals surface area (Å²) in [6.07, 6.45) is -7.91. The lowest BCUT2D eigenvalue weighted by Crippen LogP contribution is -2.75. The molecule has 0 saturated carbocycles. The fourth-order valence-electron chi connectivity index (χ4n) is 1.60. The summed E-state index contributed by atoms with van der Waals surface area (Å²) in [5.74, 6) is -58.5. The number of aliphatic carboxylic acids is 1. The minimum atomic E-state index is -8.94. The summed E-state index contributed by atoms with van der Waals surface area (Å²) in [6, 6.07) is 0. The summed E-state index contributed by atoms with van der Waals surface area (Å²) in [4.78, 5) is 10.0. The van der Waals surface area contributed by atoms with Crippen molar-refractivity contribution >= 4 is 15.8 Å². The number of hydrogen-bond donors (Lipinski definition) is 1. The van der Waals surface area contributed by atoms with Crippen LogP contribution in [0.25, 0.3) is 0 Å². The van der Waals surface area contributed by atoms with E-state index in [1.165, 1.54) is 0 Å². The predicted molar refractivity (Wildman–Crippen MR) is 62.1 cm³/mol. The Hall–Kier alpha value is -1.77. The molecule has 0 aliphatic carbocycles. The first-order valence-corrected chi connectivity index (χ1v) is 8.22. The molecule has 1 N–H and O–H groups in total. The van der Waals surface area contributed by atoms with Gasteiger partial charge in [0.2, 0.25) is 9.84 Å². The topological polar surface area (TPSA) is 71.4 Å². The van der Waals surface area contributed by atoms with E-state index in [1.807, 2.05) is 0 Å². The number of halogens is 17. The van der Waals surface area contributed by atoms with Crippen molar-refractivity contribution in [3.8, 4) is 0 Å². The molecule has 0 unspecified atom stereocenters. The maximum Gasteiger partial charge on any atom is 0.460 e. The number of sulfone groups is 1. The number of carbonyl (C=O) groups is 1. The van der Waals surface area contributed by atoms with Crippen LogP contribution in [0.1, 0.15) is 0 Å². The van der Waals surface area contributed by atoms with Gasteiger partial charge in [-0.2, -0.15) is 74.6 Å². The SMILES string of the molecule is O=C(O)CS(=O)(=O)C(F)(F)C(F)(F)C(F)(F)C(F)(F)C(F)(F)C(F)(F)C(F)(F)C(F)(F)F. The summed E-state index contributed by atoms with van der Waals surface area (Å²) in [6.45, 7) is 0. The van der Waals surface area contributed by atoms with Crippen LogP contribution in [-0.2, 0) is 14.6 Å². The maximum atomic E-state index is 13.3. The quantitative estimate of drug-likeness (QED) is 0.438. The van der Waals surface area contributed by atoms with E-state index in [9.17, 15) is 87.8 Å². The van der Waals surface area contributed by atoms with Crippen LogP contribution >= 0.6 is 0 Å². The largest absolute Gasteiger partial charge is 0.480 e. The summed E-state index contributed by atoms with van der Waals surface area (Å²) >= 11 is 0. The lowest BCUT2D eigenvalue weighted by molar-refractivity contribution is -0.458. The molecule has 0 heterocycles. The van der Waals surface area contributed by atoms with Crippen LogP contribution in [0.3, 0.4) is 0 Å². The Kier molecular flexibility index (Phi) is 6.96. The Morgan fingerprint density at radius 2 is 0.781 bits per heavy atom. The molecule has 4 nitrogen and oxygen atoms in total. The lowest BCUT2D eigenvalue weighted by Gasteiger charge is -2.42. The van der Waals surface area contributed by atoms with Gasteiger partial charge in [0.1, 0.15) is 0 Å². The van der Waals surface area contributed by atoms with Crippen molar-refractivity contribution in [3.05, 3.63) is 0 Å². The second-order valence-electron chi connectivity index (χ2n) is 5.61. The normalized spacial score (nSPS) is 16.3. The van der Waals surface area contributed by atoms with Gasteiger partial charge in [-0.15, -0.1) is 0 Å². The molecule has 0 rings (SSSR count). The van der Waals surface area contributed by atoms with Crippen molar-refractivity contribution in [1.82, 2.24) is 0 Å². The number of carboxylic acids is 1. The van der Waals surface area contributed by atoms with Gasteiger partial charge in [-0.3, -0.25) is 4.79 Å². The Bertz CT molecular complexity index is 840. The van der Waals surface area contributed by atoms with Gasteiger partial charge >= 0.3 is 52.9 Å². The molecule has 0 amide bonds. The molecule has 0 spiro atoms. The molecule has 0 atom stereocenters. The summed E-state index contributed by atoms with van der Waals surface area (Å²) < 4.78 is 241. The first kappa shape index (κ1) is 30.2. The summed E-state index contributed by atoms with van der Waals surface area (Å²) in [7, 11) is -7.55. The molecule has 0 aromatic carbocycles. The highest BCUT2D eigenvalue weighted by Crippen LogP contribution is 2.64. The van der Waals surface area contributed by atoms with Gasteiger partial charge < -0.3 is 5.11 Å². The van der Waals surface area contributed by atoms with Crippen LogP contribution in [-0.4, -0.2) is 72.2 Å². The molecule has 0 radical (unpaired) electrons. The molecular weight excluding hydrogens is 539 g/mol. The average molecular weight is 542 g/mol. The molecule has 0 bridgehead atoms. The average Bonchev–Trinajstić information content (AvgIpc) is 2.51. The van der Waals surface area contributed by atoms with Crippen LogP contribution < -0.4 is 0 Å². The Balaban J connectivity index is 6.95. The number of carboxylic acid groups (broad SMARTS) is 1. The third-order valence-corrected chi connectivity index (χ3v) is 5.06. The molecule has 22 heteroatoms. The van der Waals surface area contributed by atoms with Gasteiger partial charge in [0, 0.05) is 0 Å². The number of rotatable bonds is 9. The standard InChI is InChI=1S/C10H3F17O4S/c11-3(12,5(15,16)7(19,20)9(23,24)25)4(13,14)6(17,18)8(21,22)10(26,27)32(30,31)1-2(28)29/h1H2,(H,28,29). The summed E-state index contributed by atoms with van der Waals surface area (Å²) in [5.41, 5.74) is 0. The van der Waals surface area contributed by atoms with Crippen LogP contribution in [0.2, 0.25) is 0 Å². The first-order chi connectivity index (χ1) is 13.4. The zero-order chi connectivity index (χ0) is 26.8. The van der Waals surface area contributed by atoms with E-state index >= 15 is 0 Å². The molecule has 0 aromatic heterocycles. The van der Waals surface area contributed by atoms with Gasteiger partial charge in [0.15, 0.2) is 5.75 Å². The molecule has 192 valence electrons. The van der Waals surface area contributed by atoms with Crippen molar-refractivity contribution in [2.24, 2.45) is 0 Å². The maximum absolute atomic E-state index is 13.3.